The van der Waals surface area contributed by atoms with Gasteiger partial charge in [-0.25, -0.2) is 0 Å². The van der Waals surface area contributed by atoms with E-state index in [9.17, 15) is 4.79 Å². The van der Waals surface area contributed by atoms with E-state index in [1.807, 2.05) is 32.0 Å². The molecule has 0 saturated heterocycles. The van der Waals surface area contributed by atoms with Crippen molar-refractivity contribution in [3.05, 3.63) is 47.5 Å². The number of ether oxygens (including phenoxy) is 3. The number of nitrogens with two attached hydrogens (primary N) is 1. The lowest BCUT2D eigenvalue weighted by atomic mass is 10.2. The number of hydrogen-bond donors (Lipinski definition) is 2. The number of thiocarbonyl (C=S) groups is 1. The number of aryl methyl sites for hydroxylation is 1. The summed E-state index contributed by atoms with van der Waals surface area (Å²) in [6.45, 7) is 4.15. The Kier molecular flexibility index (Phi) is 6.88. The van der Waals surface area contributed by atoms with Crippen LogP contribution < -0.4 is 20.5 Å². The van der Waals surface area contributed by atoms with Crippen molar-refractivity contribution in [3.8, 4) is 17.5 Å². The SMILES string of the molecule is COC[C@@H](C)Oc1cc(C(=O)NC(N)=S)cc(Oc2cccc(C)c2)n1. The second-order valence-electron chi connectivity index (χ2n) is 5.65. The molecule has 8 heteroatoms. The first-order valence-corrected chi connectivity index (χ1v) is 8.31. The predicted octanol–water partition coefficient (Wildman–Crippen LogP) is 2.57. The predicted molar refractivity (Wildman–Crippen MR) is 102 cm³/mol. The Labute approximate surface area is 157 Å². The lowest BCUT2D eigenvalue weighted by molar-refractivity contribution is 0.0880. The number of pyridine rings is 1. The van der Waals surface area contributed by atoms with Gasteiger partial charge in [-0.3, -0.25) is 10.1 Å². The molecule has 1 heterocycles. The molecule has 0 fully saturated rings. The van der Waals surface area contributed by atoms with E-state index >= 15 is 0 Å². The highest BCUT2D eigenvalue weighted by atomic mass is 32.1. The zero-order valence-corrected chi connectivity index (χ0v) is 15.6. The number of aromatic nitrogens is 1. The molecule has 3 N–H and O–H groups in total. The molecule has 1 aromatic heterocycles. The van der Waals surface area contributed by atoms with Crippen molar-refractivity contribution >= 4 is 23.2 Å². The molecule has 26 heavy (non-hydrogen) atoms. The largest absolute Gasteiger partial charge is 0.472 e. The number of hydrogen-bond acceptors (Lipinski definition) is 6. The Morgan fingerprint density at radius 1 is 1.31 bits per heavy atom. The van der Waals surface area contributed by atoms with Crippen molar-refractivity contribution in [2.75, 3.05) is 13.7 Å². The molecule has 0 saturated carbocycles. The molecule has 1 amide bonds. The number of amides is 1. The lowest BCUT2D eigenvalue weighted by Crippen LogP contribution is -2.34. The highest BCUT2D eigenvalue weighted by Crippen LogP contribution is 2.25. The Bertz CT molecular complexity index is 798. The Morgan fingerprint density at radius 2 is 2.04 bits per heavy atom. The van der Waals surface area contributed by atoms with Crippen molar-refractivity contribution in [2.45, 2.75) is 20.0 Å². The quantitative estimate of drug-likeness (QED) is 0.718. The molecule has 1 aromatic carbocycles. The van der Waals surface area contributed by atoms with Crippen LogP contribution >= 0.6 is 12.2 Å². The van der Waals surface area contributed by atoms with E-state index in [1.165, 1.54) is 12.1 Å². The van der Waals surface area contributed by atoms with Gasteiger partial charge in [-0.15, -0.1) is 0 Å². The summed E-state index contributed by atoms with van der Waals surface area (Å²) >= 11 is 4.71. The molecule has 7 nitrogen and oxygen atoms in total. The molecule has 0 unspecified atom stereocenters. The monoisotopic (exact) mass is 375 g/mol. The van der Waals surface area contributed by atoms with Crippen molar-refractivity contribution in [3.63, 3.8) is 0 Å². The maximum atomic E-state index is 12.2. The van der Waals surface area contributed by atoms with E-state index in [-0.39, 0.29) is 28.5 Å². The summed E-state index contributed by atoms with van der Waals surface area (Å²) in [4.78, 5) is 16.5. The van der Waals surface area contributed by atoms with Gasteiger partial charge in [-0.1, -0.05) is 12.1 Å². The highest BCUT2D eigenvalue weighted by Gasteiger charge is 2.14. The first kappa shape index (κ1) is 19.6. The minimum atomic E-state index is -0.474. The van der Waals surface area contributed by atoms with Crippen molar-refractivity contribution in [2.24, 2.45) is 5.73 Å². The second-order valence-corrected chi connectivity index (χ2v) is 6.09. The molecule has 2 rings (SSSR count). The lowest BCUT2D eigenvalue weighted by Gasteiger charge is -2.15. The number of rotatable bonds is 7. The van der Waals surface area contributed by atoms with Crippen molar-refractivity contribution in [1.82, 2.24) is 10.3 Å². The molecular weight excluding hydrogens is 354 g/mol. The van der Waals surface area contributed by atoms with Crippen LogP contribution in [0.2, 0.25) is 0 Å². The van der Waals surface area contributed by atoms with Crippen LogP contribution in [0.15, 0.2) is 36.4 Å². The van der Waals surface area contributed by atoms with Crippen LogP contribution in [0, 0.1) is 6.92 Å². The van der Waals surface area contributed by atoms with Crippen molar-refractivity contribution in [1.29, 1.82) is 0 Å². The number of benzene rings is 1. The zero-order valence-electron chi connectivity index (χ0n) is 14.8. The molecule has 1 atom stereocenters. The van der Waals surface area contributed by atoms with Gasteiger partial charge in [0, 0.05) is 19.2 Å². The number of methoxy groups -OCH3 is 1. The molecule has 0 aliphatic heterocycles. The van der Waals surface area contributed by atoms with Crippen molar-refractivity contribution < 1.29 is 19.0 Å². The summed E-state index contributed by atoms with van der Waals surface area (Å²) in [5, 5.41) is 2.25. The standard InChI is InChI=1S/C18H21N3O4S/c1-11-5-4-6-14(7-11)25-16-9-13(17(22)21-18(19)26)8-15(20-16)24-12(2)10-23-3/h4-9,12H,10H2,1-3H3,(H3,19,21,22,26)/t12-/m1/s1. The second kappa shape index (κ2) is 9.12. The fraction of sp³-hybridized carbons (Fsp3) is 0.278. The smallest absolute Gasteiger partial charge is 0.257 e. The van der Waals surface area contributed by atoms with Gasteiger partial charge in [-0.05, 0) is 43.8 Å². The van der Waals surface area contributed by atoms with Gasteiger partial charge in [0.05, 0.1) is 12.2 Å². The van der Waals surface area contributed by atoms with Crippen LogP contribution in [0.5, 0.6) is 17.5 Å². The molecule has 2 aromatic rings. The van der Waals surface area contributed by atoms with Gasteiger partial charge < -0.3 is 19.9 Å². The zero-order chi connectivity index (χ0) is 19.1. The van der Waals surface area contributed by atoms with E-state index < -0.39 is 5.91 Å². The van der Waals surface area contributed by atoms with E-state index in [2.05, 4.69) is 10.3 Å². The van der Waals surface area contributed by atoms with Gasteiger partial charge in [-0.2, -0.15) is 4.98 Å². The third-order valence-corrected chi connectivity index (χ3v) is 3.31. The molecule has 0 bridgehead atoms. The summed E-state index contributed by atoms with van der Waals surface area (Å²) in [7, 11) is 1.58. The first-order valence-electron chi connectivity index (χ1n) is 7.90. The summed E-state index contributed by atoms with van der Waals surface area (Å²) in [6, 6.07) is 10.5. The van der Waals surface area contributed by atoms with E-state index in [0.717, 1.165) is 5.56 Å². The Hall–Kier alpha value is -2.71. The average Bonchev–Trinajstić information content (AvgIpc) is 2.54. The van der Waals surface area contributed by atoms with Gasteiger partial charge in [0.15, 0.2) is 5.11 Å². The summed E-state index contributed by atoms with van der Waals surface area (Å²) in [5.74, 6) is 0.567. The Balaban J connectivity index is 2.32. The fourth-order valence-electron chi connectivity index (χ4n) is 2.18. The third kappa shape index (κ3) is 5.98. The van der Waals surface area contributed by atoms with Crippen LogP contribution in [-0.2, 0) is 4.74 Å². The maximum Gasteiger partial charge on any atom is 0.257 e. The first-order chi connectivity index (χ1) is 12.4. The fourth-order valence-corrected chi connectivity index (χ4v) is 2.28. The molecule has 0 aliphatic carbocycles. The van der Waals surface area contributed by atoms with Crippen LogP contribution in [-0.4, -0.2) is 35.8 Å². The van der Waals surface area contributed by atoms with Gasteiger partial charge in [0.25, 0.3) is 5.91 Å². The van der Waals surface area contributed by atoms with E-state index in [0.29, 0.717) is 12.4 Å². The molecule has 138 valence electrons. The number of nitrogens with zero attached hydrogens (tertiary/aromatic N) is 1. The van der Waals surface area contributed by atoms with E-state index in [1.54, 1.807) is 13.2 Å². The third-order valence-electron chi connectivity index (χ3n) is 3.21. The maximum absolute atomic E-state index is 12.2. The van der Waals surface area contributed by atoms with Crippen LogP contribution in [0.25, 0.3) is 0 Å². The van der Waals surface area contributed by atoms with Gasteiger partial charge >= 0.3 is 0 Å². The van der Waals surface area contributed by atoms with Gasteiger partial charge in [0.2, 0.25) is 11.8 Å². The topological polar surface area (TPSA) is 95.7 Å². The number of carbonyl (C=O) groups is 1. The molecule has 0 aliphatic rings. The van der Waals surface area contributed by atoms with Crippen LogP contribution in [0.3, 0.4) is 0 Å². The van der Waals surface area contributed by atoms with E-state index in [4.69, 9.17) is 32.2 Å². The minimum absolute atomic E-state index is 0.122. The average molecular weight is 375 g/mol. The summed E-state index contributed by atoms with van der Waals surface area (Å²) < 4.78 is 16.5. The number of carbonyl (C=O) groups excluding carboxylic acids is 1. The van der Waals surface area contributed by atoms with Gasteiger partial charge in [0.1, 0.15) is 11.9 Å². The molecule has 0 radical (unpaired) electrons. The van der Waals surface area contributed by atoms with Crippen LogP contribution in [0.1, 0.15) is 22.8 Å². The highest BCUT2D eigenvalue weighted by molar-refractivity contribution is 7.80. The number of nitrogens with one attached hydrogen (secondary N) is 1. The molecule has 0 spiro atoms. The minimum Gasteiger partial charge on any atom is -0.472 e. The normalized spacial score (nSPS) is 11.5. The summed E-state index contributed by atoms with van der Waals surface area (Å²) in [6.07, 6.45) is -0.256. The molecular formula is C18H21N3O4S. The van der Waals surface area contributed by atoms with Crippen LogP contribution in [0.4, 0.5) is 0 Å². The summed E-state index contributed by atoms with van der Waals surface area (Å²) in [5.41, 5.74) is 6.67. The Morgan fingerprint density at radius 3 is 2.69 bits per heavy atom.